The van der Waals surface area contributed by atoms with Gasteiger partial charge in [-0.05, 0) is 11.6 Å². The summed E-state index contributed by atoms with van der Waals surface area (Å²) in [5, 5.41) is 21.8. The van der Waals surface area contributed by atoms with Crippen molar-refractivity contribution in [2.24, 2.45) is 0 Å². The third-order valence-corrected chi connectivity index (χ3v) is 4.95. The summed E-state index contributed by atoms with van der Waals surface area (Å²) in [7, 11) is 1.01. The highest BCUT2D eigenvalue weighted by atomic mass is 16.7. The molecule has 1 aromatic carbocycles. The molecule has 1 aliphatic rings. The summed E-state index contributed by atoms with van der Waals surface area (Å²) in [6, 6.07) is 3.45. The van der Waals surface area contributed by atoms with Crippen LogP contribution in [0.4, 0.5) is 5.69 Å². The van der Waals surface area contributed by atoms with Crippen LogP contribution in [0.3, 0.4) is 0 Å². The van der Waals surface area contributed by atoms with Crippen molar-refractivity contribution in [3.8, 4) is 18.1 Å². The average molecular weight is 523 g/mol. The first-order valence-corrected chi connectivity index (χ1v) is 10.7. The van der Waals surface area contributed by atoms with E-state index >= 15 is 0 Å². The Hall–Kier alpha value is -4.22. The van der Waals surface area contributed by atoms with Gasteiger partial charge >= 0.3 is 29.6 Å². The minimum absolute atomic E-state index is 0.111. The molecule has 200 valence electrons. The van der Waals surface area contributed by atoms with E-state index in [1.54, 1.807) is 0 Å². The molecule has 1 unspecified atom stereocenters. The molecule has 14 nitrogen and oxygen atoms in total. The van der Waals surface area contributed by atoms with E-state index in [-0.39, 0.29) is 12.0 Å². The highest BCUT2D eigenvalue weighted by Crippen LogP contribution is 2.36. The summed E-state index contributed by atoms with van der Waals surface area (Å²) in [6.45, 7) is 3.04. The summed E-state index contributed by atoms with van der Waals surface area (Å²) < 4.78 is 31.5. The lowest BCUT2D eigenvalue weighted by atomic mass is 9.97. The number of nitrogens with zero attached hydrogens (tertiary/aromatic N) is 1. The highest BCUT2D eigenvalue weighted by Gasteiger charge is 2.56. The van der Waals surface area contributed by atoms with E-state index in [1.807, 2.05) is 0 Å². The van der Waals surface area contributed by atoms with Crippen LogP contribution in [0, 0.1) is 22.5 Å². The zero-order valence-electron chi connectivity index (χ0n) is 20.3. The fraction of sp³-hybridized carbons (Fsp3) is 0.478. The topological polar surface area (TPSA) is 187 Å². The molecule has 0 spiro atoms. The maximum absolute atomic E-state index is 12.5. The Bertz CT molecular complexity index is 1090. The molecule has 1 saturated heterocycles. The SMILES string of the molecule is C#CCC(O)c1ccc(O[C@@H]2O[C@H](C(=O)OC)[C@@H](OC(C)=O)[C@H](OC(C)=O)[C@H]2OC(C)=O)c([N+](=O)[O-])c1. The van der Waals surface area contributed by atoms with Gasteiger partial charge in [0.25, 0.3) is 0 Å². The number of ether oxygens (including phenoxy) is 6. The molecular weight excluding hydrogens is 498 g/mol. The first-order chi connectivity index (χ1) is 17.4. The number of carbonyl (C=O) groups excluding carboxylic acids is 4. The van der Waals surface area contributed by atoms with Gasteiger partial charge in [-0.1, -0.05) is 6.07 Å². The lowest BCUT2D eigenvalue weighted by Crippen LogP contribution is -2.64. The van der Waals surface area contributed by atoms with Crippen LogP contribution >= 0.6 is 0 Å². The van der Waals surface area contributed by atoms with Gasteiger partial charge in [-0.2, -0.15) is 0 Å². The second kappa shape index (κ2) is 12.7. The molecule has 1 fully saturated rings. The Morgan fingerprint density at radius 1 is 1.08 bits per heavy atom. The molecule has 0 aliphatic carbocycles. The van der Waals surface area contributed by atoms with Crippen LogP contribution in [0.5, 0.6) is 5.75 Å². The Balaban J connectivity index is 2.59. The summed E-state index contributed by atoms with van der Waals surface area (Å²) in [5.41, 5.74) is -0.502. The molecule has 0 saturated carbocycles. The lowest BCUT2D eigenvalue weighted by molar-refractivity contribution is -0.387. The number of carbonyl (C=O) groups is 4. The second-order valence-corrected chi connectivity index (χ2v) is 7.70. The van der Waals surface area contributed by atoms with E-state index < -0.39 is 77.0 Å². The Morgan fingerprint density at radius 2 is 1.65 bits per heavy atom. The van der Waals surface area contributed by atoms with Gasteiger partial charge in [0.15, 0.2) is 24.1 Å². The lowest BCUT2D eigenvalue weighted by Gasteiger charge is -2.42. The van der Waals surface area contributed by atoms with Gasteiger partial charge in [0.2, 0.25) is 12.4 Å². The van der Waals surface area contributed by atoms with Crippen LogP contribution in [0.2, 0.25) is 0 Å². The quantitative estimate of drug-likeness (QED) is 0.157. The molecule has 1 aliphatic heterocycles. The van der Waals surface area contributed by atoms with Gasteiger partial charge in [-0.15, -0.1) is 12.3 Å². The van der Waals surface area contributed by atoms with Crippen molar-refractivity contribution in [2.45, 2.75) is 64.0 Å². The van der Waals surface area contributed by atoms with Crippen LogP contribution in [-0.4, -0.2) is 71.7 Å². The number of methoxy groups -OCH3 is 1. The van der Waals surface area contributed by atoms with E-state index in [2.05, 4.69) is 10.7 Å². The maximum Gasteiger partial charge on any atom is 0.339 e. The first-order valence-electron chi connectivity index (χ1n) is 10.7. The fourth-order valence-corrected chi connectivity index (χ4v) is 3.51. The van der Waals surface area contributed by atoms with Crippen molar-refractivity contribution < 1.29 is 57.6 Å². The van der Waals surface area contributed by atoms with Crippen LogP contribution < -0.4 is 4.74 Å². The Morgan fingerprint density at radius 3 is 2.16 bits per heavy atom. The molecule has 14 heteroatoms. The first kappa shape index (κ1) is 29.0. The third kappa shape index (κ3) is 7.38. The van der Waals surface area contributed by atoms with E-state index in [1.165, 1.54) is 6.07 Å². The van der Waals surface area contributed by atoms with Gasteiger partial charge in [0, 0.05) is 33.3 Å². The average Bonchev–Trinajstić information content (AvgIpc) is 2.81. The molecule has 0 aromatic heterocycles. The number of terminal acetylenes is 1. The predicted molar refractivity (Wildman–Crippen MR) is 119 cm³/mol. The maximum atomic E-state index is 12.5. The second-order valence-electron chi connectivity index (χ2n) is 7.70. The highest BCUT2D eigenvalue weighted by molar-refractivity contribution is 5.77. The molecule has 37 heavy (non-hydrogen) atoms. The van der Waals surface area contributed by atoms with Crippen LogP contribution in [0.25, 0.3) is 0 Å². The van der Waals surface area contributed by atoms with Crippen molar-refractivity contribution in [3.05, 3.63) is 33.9 Å². The van der Waals surface area contributed by atoms with Gasteiger partial charge in [-0.25, -0.2) is 4.79 Å². The number of nitro groups is 1. The minimum Gasteiger partial charge on any atom is -0.467 e. The molecule has 1 heterocycles. The monoisotopic (exact) mass is 523 g/mol. The van der Waals surface area contributed by atoms with Gasteiger partial charge < -0.3 is 33.5 Å². The Labute approximate surface area is 210 Å². The molecule has 1 aromatic rings. The largest absolute Gasteiger partial charge is 0.467 e. The van der Waals surface area contributed by atoms with E-state index in [0.29, 0.717) is 0 Å². The van der Waals surface area contributed by atoms with Crippen molar-refractivity contribution in [1.82, 2.24) is 0 Å². The number of rotatable bonds is 9. The Kier molecular flexibility index (Phi) is 9.92. The number of aliphatic hydroxyl groups is 1. The normalized spacial score (nSPS) is 23.5. The van der Waals surface area contributed by atoms with Crippen LogP contribution in [-0.2, 0) is 42.9 Å². The molecule has 2 rings (SSSR count). The van der Waals surface area contributed by atoms with Crippen molar-refractivity contribution >= 4 is 29.6 Å². The number of aliphatic hydroxyl groups excluding tert-OH is 1. The van der Waals surface area contributed by atoms with Crippen molar-refractivity contribution in [1.29, 1.82) is 0 Å². The minimum atomic E-state index is -1.79. The molecule has 0 radical (unpaired) electrons. The van der Waals surface area contributed by atoms with Gasteiger partial charge in [0.1, 0.15) is 0 Å². The third-order valence-electron chi connectivity index (χ3n) is 4.95. The van der Waals surface area contributed by atoms with Gasteiger partial charge in [0.05, 0.1) is 18.1 Å². The molecule has 1 N–H and O–H groups in total. The standard InChI is InChI=1S/C23H25NO13/c1-6-7-16(28)14-8-9-17(15(10-14)24(30)31)36-23-21(35-13(4)27)19(34-12(3)26)18(33-11(2)25)20(37-23)22(29)32-5/h1,8-10,16,18-21,23,28H,7H2,2-5H3/t16?,18-,19-,20-,21+,23+/m0/s1. The zero-order valence-corrected chi connectivity index (χ0v) is 20.3. The fourth-order valence-electron chi connectivity index (χ4n) is 3.51. The molecular formula is C23H25NO13. The molecule has 0 bridgehead atoms. The van der Waals surface area contributed by atoms with E-state index in [4.69, 9.17) is 30.1 Å². The molecule has 6 atom stereocenters. The smallest absolute Gasteiger partial charge is 0.339 e. The predicted octanol–water partition coefficient (Wildman–Crippen LogP) is 0.723. The number of nitro benzene ring substituents is 1. The van der Waals surface area contributed by atoms with E-state index in [9.17, 15) is 34.4 Å². The van der Waals surface area contributed by atoms with Crippen molar-refractivity contribution in [3.63, 3.8) is 0 Å². The summed E-state index contributed by atoms with van der Waals surface area (Å²) >= 11 is 0. The summed E-state index contributed by atoms with van der Waals surface area (Å²) in [5.74, 6) is -1.94. The number of benzene rings is 1. The zero-order chi connectivity index (χ0) is 27.9. The molecule has 0 amide bonds. The number of esters is 4. The summed E-state index contributed by atoms with van der Waals surface area (Å²) in [6.07, 6.45) is -4.58. The van der Waals surface area contributed by atoms with Crippen molar-refractivity contribution in [2.75, 3.05) is 7.11 Å². The summed E-state index contributed by atoms with van der Waals surface area (Å²) in [4.78, 5) is 58.9. The number of hydrogen-bond donors (Lipinski definition) is 1. The number of hydrogen-bond acceptors (Lipinski definition) is 13. The van der Waals surface area contributed by atoms with Crippen LogP contribution in [0.15, 0.2) is 18.2 Å². The van der Waals surface area contributed by atoms with Crippen LogP contribution in [0.1, 0.15) is 38.9 Å². The van der Waals surface area contributed by atoms with Gasteiger partial charge in [-0.3, -0.25) is 24.5 Å². The van der Waals surface area contributed by atoms with E-state index in [0.717, 1.165) is 40.0 Å².